The van der Waals surface area contributed by atoms with Gasteiger partial charge in [0.15, 0.2) is 10.9 Å². The Kier molecular flexibility index (Phi) is 5.56. The summed E-state index contributed by atoms with van der Waals surface area (Å²) in [5, 5.41) is 3.49. The summed E-state index contributed by atoms with van der Waals surface area (Å²) >= 11 is 1.52. The van der Waals surface area contributed by atoms with Crippen LogP contribution < -0.4 is 5.32 Å². The highest BCUT2D eigenvalue weighted by atomic mass is 32.1. The standard InChI is InChI=1S/C23H23N3O2S/c1-3-26-13-12-19-20(14-26)29-23(24-19)25-22(28)18-7-5-4-6-17(18)21(27)16-10-8-15(2)9-11-16/h4-11H,3,12-14H2,1-2H3,(H,24,25,28). The molecule has 0 spiro atoms. The summed E-state index contributed by atoms with van der Waals surface area (Å²) in [4.78, 5) is 34.1. The summed E-state index contributed by atoms with van der Waals surface area (Å²) in [5.74, 6) is -0.465. The molecule has 1 aliphatic heterocycles. The maximum Gasteiger partial charge on any atom is 0.258 e. The molecule has 0 unspecified atom stereocenters. The van der Waals surface area contributed by atoms with E-state index in [1.165, 1.54) is 16.2 Å². The maximum absolute atomic E-state index is 13.0. The van der Waals surface area contributed by atoms with Crippen LogP contribution in [0.5, 0.6) is 0 Å². The van der Waals surface area contributed by atoms with Gasteiger partial charge in [0.1, 0.15) is 0 Å². The molecule has 5 nitrogen and oxygen atoms in total. The van der Waals surface area contributed by atoms with Crippen molar-refractivity contribution in [2.75, 3.05) is 18.4 Å². The minimum absolute atomic E-state index is 0.159. The monoisotopic (exact) mass is 405 g/mol. The summed E-state index contributed by atoms with van der Waals surface area (Å²) in [6.45, 7) is 7.00. The van der Waals surface area contributed by atoms with Crippen LogP contribution in [0.3, 0.4) is 0 Å². The lowest BCUT2D eigenvalue weighted by atomic mass is 9.97. The third-order valence-electron chi connectivity index (χ3n) is 5.21. The number of ketones is 1. The predicted molar refractivity (Wildman–Crippen MR) is 116 cm³/mol. The normalized spacial score (nSPS) is 13.7. The molecule has 4 rings (SSSR count). The minimum atomic E-state index is -0.306. The Morgan fingerprint density at radius 1 is 1.10 bits per heavy atom. The molecule has 148 valence electrons. The average Bonchev–Trinajstić information content (AvgIpc) is 3.15. The van der Waals surface area contributed by atoms with Crippen molar-refractivity contribution in [3.8, 4) is 0 Å². The van der Waals surface area contributed by atoms with E-state index in [1.807, 2.05) is 19.1 Å². The number of hydrogen-bond acceptors (Lipinski definition) is 5. The molecule has 29 heavy (non-hydrogen) atoms. The van der Waals surface area contributed by atoms with Crippen LogP contribution >= 0.6 is 11.3 Å². The molecular weight excluding hydrogens is 382 g/mol. The molecule has 0 saturated carbocycles. The quantitative estimate of drug-likeness (QED) is 0.643. The largest absolute Gasteiger partial charge is 0.298 e. The first-order chi connectivity index (χ1) is 14.0. The van der Waals surface area contributed by atoms with Crippen LogP contribution in [-0.2, 0) is 13.0 Å². The van der Waals surface area contributed by atoms with Gasteiger partial charge in [-0.2, -0.15) is 0 Å². The van der Waals surface area contributed by atoms with Crippen LogP contribution in [0.15, 0.2) is 48.5 Å². The van der Waals surface area contributed by atoms with Crippen LogP contribution in [0.4, 0.5) is 5.13 Å². The SMILES string of the molecule is CCN1CCc2nc(NC(=O)c3ccccc3C(=O)c3ccc(C)cc3)sc2C1. The minimum Gasteiger partial charge on any atom is -0.298 e. The molecule has 1 aliphatic rings. The molecule has 0 radical (unpaired) electrons. The number of anilines is 1. The van der Waals surface area contributed by atoms with E-state index < -0.39 is 0 Å². The molecular formula is C23H23N3O2S. The van der Waals surface area contributed by atoms with Gasteiger partial charge in [-0.25, -0.2) is 4.98 Å². The number of nitrogens with zero attached hydrogens (tertiary/aromatic N) is 2. The molecule has 0 bridgehead atoms. The Hall–Kier alpha value is -2.83. The van der Waals surface area contributed by atoms with E-state index in [9.17, 15) is 9.59 Å². The first-order valence-corrected chi connectivity index (χ1v) is 10.6. The molecule has 3 aromatic rings. The summed E-state index contributed by atoms with van der Waals surface area (Å²) in [6, 6.07) is 14.3. The van der Waals surface area contributed by atoms with Gasteiger partial charge < -0.3 is 0 Å². The first-order valence-electron chi connectivity index (χ1n) is 9.78. The van der Waals surface area contributed by atoms with Crippen molar-refractivity contribution in [1.82, 2.24) is 9.88 Å². The van der Waals surface area contributed by atoms with Crippen molar-refractivity contribution in [3.05, 3.63) is 81.4 Å². The zero-order chi connectivity index (χ0) is 20.4. The molecule has 0 atom stereocenters. The molecule has 2 heterocycles. The fraction of sp³-hybridized carbons (Fsp3) is 0.261. The van der Waals surface area contributed by atoms with Crippen molar-refractivity contribution in [3.63, 3.8) is 0 Å². The number of likely N-dealkylation sites (N-methyl/N-ethyl adjacent to an activating group) is 1. The molecule has 1 N–H and O–H groups in total. The third-order valence-corrected chi connectivity index (χ3v) is 6.21. The number of fused-ring (bicyclic) bond motifs is 1. The molecule has 0 aliphatic carbocycles. The Morgan fingerprint density at radius 2 is 1.83 bits per heavy atom. The van der Waals surface area contributed by atoms with Crippen LogP contribution in [0, 0.1) is 6.92 Å². The highest BCUT2D eigenvalue weighted by Gasteiger charge is 2.22. The number of hydrogen-bond donors (Lipinski definition) is 1. The number of thiazole rings is 1. The van der Waals surface area contributed by atoms with Gasteiger partial charge >= 0.3 is 0 Å². The number of aromatic nitrogens is 1. The highest BCUT2D eigenvalue weighted by Crippen LogP contribution is 2.28. The van der Waals surface area contributed by atoms with Crippen LogP contribution in [-0.4, -0.2) is 34.7 Å². The highest BCUT2D eigenvalue weighted by molar-refractivity contribution is 7.15. The molecule has 6 heteroatoms. The van der Waals surface area contributed by atoms with Crippen LogP contribution in [0.25, 0.3) is 0 Å². The van der Waals surface area contributed by atoms with Gasteiger partial charge in [-0.1, -0.05) is 55.0 Å². The topological polar surface area (TPSA) is 62.3 Å². The number of carbonyl (C=O) groups excluding carboxylic acids is 2. The second-order valence-electron chi connectivity index (χ2n) is 7.20. The van der Waals surface area contributed by atoms with Crippen molar-refractivity contribution in [2.45, 2.75) is 26.8 Å². The molecule has 1 aromatic heterocycles. The van der Waals surface area contributed by atoms with E-state index >= 15 is 0 Å². The summed E-state index contributed by atoms with van der Waals surface area (Å²) < 4.78 is 0. The molecule has 0 fully saturated rings. The van der Waals surface area contributed by atoms with Gasteiger partial charge in [-0.15, -0.1) is 11.3 Å². The van der Waals surface area contributed by atoms with Gasteiger partial charge in [-0.05, 0) is 19.5 Å². The van der Waals surface area contributed by atoms with E-state index in [2.05, 4.69) is 22.1 Å². The van der Waals surface area contributed by atoms with E-state index in [0.29, 0.717) is 21.8 Å². The fourth-order valence-corrected chi connectivity index (χ4v) is 4.52. The van der Waals surface area contributed by atoms with Gasteiger partial charge in [-0.3, -0.25) is 19.8 Å². The second-order valence-corrected chi connectivity index (χ2v) is 8.29. The van der Waals surface area contributed by atoms with Crippen molar-refractivity contribution < 1.29 is 9.59 Å². The Morgan fingerprint density at radius 3 is 2.55 bits per heavy atom. The van der Waals surface area contributed by atoms with E-state index in [-0.39, 0.29) is 11.7 Å². The molecule has 2 aromatic carbocycles. The lowest BCUT2D eigenvalue weighted by molar-refractivity contribution is 0.0996. The van der Waals surface area contributed by atoms with Gasteiger partial charge in [0.05, 0.1) is 11.3 Å². The third kappa shape index (κ3) is 4.13. The van der Waals surface area contributed by atoms with Gasteiger partial charge in [0.25, 0.3) is 5.91 Å². The van der Waals surface area contributed by atoms with Crippen LogP contribution in [0.1, 0.15) is 49.3 Å². The molecule has 0 saturated heterocycles. The zero-order valence-corrected chi connectivity index (χ0v) is 17.4. The van der Waals surface area contributed by atoms with Gasteiger partial charge in [0.2, 0.25) is 0 Å². The lowest BCUT2D eigenvalue weighted by Crippen LogP contribution is -2.29. The first kappa shape index (κ1) is 19.5. The number of rotatable bonds is 5. The second kappa shape index (κ2) is 8.27. The molecule has 1 amide bonds. The number of benzene rings is 2. The van der Waals surface area contributed by atoms with Crippen LogP contribution in [0.2, 0.25) is 0 Å². The fourth-order valence-electron chi connectivity index (χ4n) is 3.48. The van der Waals surface area contributed by atoms with E-state index in [1.54, 1.807) is 36.4 Å². The van der Waals surface area contributed by atoms with Crippen molar-refractivity contribution in [2.24, 2.45) is 0 Å². The lowest BCUT2D eigenvalue weighted by Gasteiger charge is -2.23. The van der Waals surface area contributed by atoms with E-state index in [4.69, 9.17) is 0 Å². The summed E-state index contributed by atoms with van der Waals surface area (Å²) in [5.41, 5.74) is 3.48. The Bertz CT molecular complexity index is 1060. The Labute approximate surface area is 174 Å². The zero-order valence-electron chi connectivity index (χ0n) is 16.6. The van der Waals surface area contributed by atoms with Crippen molar-refractivity contribution >= 4 is 28.2 Å². The Balaban J connectivity index is 1.56. The number of nitrogens with one attached hydrogen (secondary N) is 1. The maximum atomic E-state index is 13.0. The smallest absolute Gasteiger partial charge is 0.258 e. The predicted octanol–water partition coefficient (Wildman–Crippen LogP) is 4.31. The number of carbonyl (C=O) groups is 2. The van der Waals surface area contributed by atoms with Gasteiger partial charge in [0, 0.05) is 35.5 Å². The summed E-state index contributed by atoms with van der Waals surface area (Å²) in [6.07, 6.45) is 0.901. The van der Waals surface area contributed by atoms with E-state index in [0.717, 1.165) is 37.3 Å². The summed E-state index contributed by atoms with van der Waals surface area (Å²) in [7, 11) is 0. The average molecular weight is 406 g/mol. The number of amides is 1. The number of aryl methyl sites for hydroxylation is 1. The van der Waals surface area contributed by atoms with Crippen molar-refractivity contribution in [1.29, 1.82) is 0 Å².